The molecule has 18 heavy (non-hydrogen) atoms. The zero-order valence-electron chi connectivity index (χ0n) is 11.8. The molecule has 1 unspecified atom stereocenters. The van der Waals surface area contributed by atoms with Crippen molar-refractivity contribution in [2.75, 3.05) is 13.1 Å². The highest BCUT2D eigenvalue weighted by Gasteiger charge is 2.22. The maximum absolute atomic E-state index is 5.79. The van der Waals surface area contributed by atoms with E-state index < -0.39 is 0 Å². The van der Waals surface area contributed by atoms with E-state index in [9.17, 15) is 0 Å². The predicted molar refractivity (Wildman–Crippen MR) is 82.9 cm³/mol. The van der Waals surface area contributed by atoms with E-state index in [-0.39, 0.29) is 5.41 Å². The lowest BCUT2D eigenvalue weighted by atomic mass is 9.84. The molecule has 0 aliphatic heterocycles. The third kappa shape index (κ3) is 4.38. The van der Waals surface area contributed by atoms with Crippen LogP contribution in [0.15, 0.2) is 28.7 Å². The van der Waals surface area contributed by atoms with Crippen molar-refractivity contribution >= 4 is 15.9 Å². The molecule has 0 saturated carbocycles. The smallest absolute Gasteiger partial charge is 0.0213 e. The summed E-state index contributed by atoms with van der Waals surface area (Å²) in [5.41, 5.74) is 7.25. The van der Waals surface area contributed by atoms with Gasteiger partial charge in [-0.2, -0.15) is 0 Å². The van der Waals surface area contributed by atoms with Crippen molar-refractivity contribution in [2.45, 2.75) is 39.2 Å². The number of nitrogens with one attached hydrogen (secondary N) is 1. The molecule has 0 spiro atoms. The number of hydrogen-bond acceptors (Lipinski definition) is 2. The van der Waals surface area contributed by atoms with Crippen molar-refractivity contribution in [3.05, 3.63) is 34.3 Å². The standard InChI is InChI=1S/C15H25BrN2/c1-11(2)14(9-17)18-10-15(3,4)12-5-7-13(16)8-6-12/h5-8,11,14,18H,9-10,17H2,1-4H3. The van der Waals surface area contributed by atoms with Crippen LogP contribution in [0.25, 0.3) is 0 Å². The summed E-state index contributed by atoms with van der Waals surface area (Å²) in [7, 11) is 0. The Hall–Kier alpha value is -0.380. The molecule has 0 bridgehead atoms. The van der Waals surface area contributed by atoms with E-state index in [0.717, 1.165) is 11.0 Å². The molecule has 0 saturated heterocycles. The van der Waals surface area contributed by atoms with Gasteiger partial charge in [-0.15, -0.1) is 0 Å². The van der Waals surface area contributed by atoms with E-state index in [4.69, 9.17) is 5.73 Å². The van der Waals surface area contributed by atoms with E-state index in [0.29, 0.717) is 18.5 Å². The molecule has 3 heteroatoms. The molecular weight excluding hydrogens is 288 g/mol. The lowest BCUT2D eigenvalue weighted by molar-refractivity contribution is 0.360. The maximum Gasteiger partial charge on any atom is 0.0213 e. The summed E-state index contributed by atoms with van der Waals surface area (Å²) < 4.78 is 1.12. The van der Waals surface area contributed by atoms with Crippen molar-refractivity contribution in [1.29, 1.82) is 0 Å². The van der Waals surface area contributed by atoms with Crippen molar-refractivity contribution < 1.29 is 0 Å². The van der Waals surface area contributed by atoms with Gasteiger partial charge in [0.1, 0.15) is 0 Å². The van der Waals surface area contributed by atoms with E-state index in [2.05, 4.69) is 73.2 Å². The van der Waals surface area contributed by atoms with Gasteiger partial charge in [0, 0.05) is 29.0 Å². The number of benzene rings is 1. The van der Waals surface area contributed by atoms with Crippen LogP contribution >= 0.6 is 15.9 Å². The summed E-state index contributed by atoms with van der Waals surface area (Å²) >= 11 is 3.47. The van der Waals surface area contributed by atoms with E-state index in [1.165, 1.54) is 5.56 Å². The van der Waals surface area contributed by atoms with Crippen LogP contribution in [0.3, 0.4) is 0 Å². The van der Waals surface area contributed by atoms with Crippen molar-refractivity contribution in [1.82, 2.24) is 5.32 Å². The molecule has 3 N–H and O–H groups in total. The highest BCUT2D eigenvalue weighted by atomic mass is 79.9. The number of hydrogen-bond donors (Lipinski definition) is 2. The molecule has 1 aromatic carbocycles. The van der Waals surface area contributed by atoms with Gasteiger partial charge in [0.15, 0.2) is 0 Å². The predicted octanol–water partition coefficient (Wildman–Crippen LogP) is 3.30. The van der Waals surface area contributed by atoms with Gasteiger partial charge < -0.3 is 11.1 Å². The van der Waals surface area contributed by atoms with Crippen LogP contribution in [0.1, 0.15) is 33.3 Å². The Labute approximate surface area is 119 Å². The van der Waals surface area contributed by atoms with Crippen LogP contribution in [0, 0.1) is 5.92 Å². The van der Waals surface area contributed by atoms with Crippen LogP contribution in [-0.4, -0.2) is 19.1 Å². The van der Waals surface area contributed by atoms with Crippen LogP contribution < -0.4 is 11.1 Å². The fourth-order valence-electron chi connectivity index (χ4n) is 1.98. The minimum atomic E-state index is 0.114. The molecule has 1 aromatic rings. The highest BCUT2D eigenvalue weighted by molar-refractivity contribution is 9.10. The van der Waals surface area contributed by atoms with Gasteiger partial charge in [-0.25, -0.2) is 0 Å². The largest absolute Gasteiger partial charge is 0.329 e. The minimum Gasteiger partial charge on any atom is -0.329 e. The van der Waals surface area contributed by atoms with Gasteiger partial charge in [0.25, 0.3) is 0 Å². The molecule has 1 rings (SSSR count). The van der Waals surface area contributed by atoms with Crippen LogP contribution in [0.4, 0.5) is 0 Å². The average Bonchev–Trinajstić information content (AvgIpc) is 2.29. The Kier molecular flexibility index (Phi) is 5.83. The summed E-state index contributed by atoms with van der Waals surface area (Å²) in [6.07, 6.45) is 0. The molecule has 0 radical (unpaired) electrons. The number of rotatable bonds is 6. The van der Waals surface area contributed by atoms with Gasteiger partial charge in [-0.05, 0) is 23.6 Å². The minimum absolute atomic E-state index is 0.114. The Bertz CT molecular complexity index is 357. The summed E-state index contributed by atoms with van der Waals surface area (Å²) in [5, 5.41) is 3.59. The summed E-state index contributed by atoms with van der Waals surface area (Å²) in [6.45, 7) is 10.6. The van der Waals surface area contributed by atoms with Crippen LogP contribution in [0.2, 0.25) is 0 Å². The van der Waals surface area contributed by atoms with Crippen LogP contribution in [0.5, 0.6) is 0 Å². The lowest BCUT2D eigenvalue weighted by Gasteiger charge is -2.30. The van der Waals surface area contributed by atoms with Gasteiger partial charge >= 0.3 is 0 Å². The highest BCUT2D eigenvalue weighted by Crippen LogP contribution is 2.24. The van der Waals surface area contributed by atoms with Crippen LogP contribution in [-0.2, 0) is 5.41 Å². The zero-order valence-corrected chi connectivity index (χ0v) is 13.4. The fraction of sp³-hybridized carbons (Fsp3) is 0.600. The first-order valence-electron chi connectivity index (χ1n) is 6.56. The third-order valence-corrected chi connectivity index (χ3v) is 4.02. The van der Waals surface area contributed by atoms with Crippen molar-refractivity contribution in [3.8, 4) is 0 Å². The zero-order chi connectivity index (χ0) is 13.8. The Morgan fingerprint density at radius 2 is 1.78 bits per heavy atom. The first kappa shape index (κ1) is 15.7. The molecule has 102 valence electrons. The molecule has 0 aliphatic carbocycles. The number of halogens is 1. The average molecular weight is 313 g/mol. The maximum atomic E-state index is 5.79. The molecule has 1 atom stereocenters. The summed E-state index contributed by atoms with van der Waals surface area (Å²) in [4.78, 5) is 0. The normalized spacial score (nSPS) is 13.9. The van der Waals surface area contributed by atoms with Gasteiger partial charge in [0.2, 0.25) is 0 Å². The molecule has 0 aromatic heterocycles. The Morgan fingerprint density at radius 3 is 2.22 bits per heavy atom. The monoisotopic (exact) mass is 312 g/mol. The molecular formula is C15H25BrN2. The second kappa shape index (κ2) is 6.69. The topological polar surface area (TPSA) is 38.0 Å². The van der Waals surface area contributed by atoms with Gasteiger partial charge in [-0.3, -0.25) is 0 Å². The number of nitrogens with two attached hydrogens (primary N) is 1. The third-order valence-electron chi connectivity index (χ3n) is 3.49. The molecule has 0 amide bonds. The molecule has 0 fully saturated rings. The first-order chi connectivity index (χ1) is 8.36. The van der Waals surface area contributed by atoms with Crippen molar-refractivity contribution in [3.63, 3.8) is 0 Å². The fourth-order valence-corrected chi connectivity index (χ4v) is 2.24. The first-order valence-corrected chi connectivity index (χ1v) is 7.35. The molecule has 0 heterocycles. The summed E-state index contributed by atoms with van der Waals surface area (Å²) in [6, 6.07) is 8.94. The summed E-state index contributed by atoms with van der Waals surface area (Å²) in [5.74, 6) is 0.565. The molecule has 2 nitrogen and oxygen atoms in total. The SMILES string of the molecule is CC(C)C(CN)NCC(C)(C)c1ccc(Br)cc1. The molecule has 0 aliphatic rings. The second-order valence-electron chi connectivity index (χ2n) is 5.86. The lowest BCUT2D eigenvalue weighted by Crippen LogP contribution is -2.45. The van der Waals surface area contributed by atoms with Gasteiger partial charge in [-0.1, -0.05) is 55.8 Å². The van der Waals surface area contributed by atoms with E-state index >= 15 is 0 Å². The van der Waals surface area contributed by atoms with Crippen molar-refractivity contribution in [2.24, 2.45) is 11.7 Å². The second-order valence-corrected chi connectivity index (χ2v) is 6.77. The quantitative estimate of drug-likeness (QED) is 0.846. The Morgan fingerprint density at radius 1 is 1.22 bits per heavy atom. The van der Waals surface area contributed by atoms with E-state index in [1.54, 1.807) is 0 Å². The van der Waals surface area contributed by atoms with E-state index in [1.807, 2.05) is 0 Å². The Balaban J connectivity index is 2.66. The van der Waals surface area contributed by atoms with Gasteiger partial charge in [0.05, 0.1) is 0 Å².